The number of hydrogen-bond acceptors (Lipinski definition) is 1. The molecule has 2 nitrogen and oxygen atoms in total. The van der Waals surface area contributed by atoms with Gasteiger partial charge in [-0.3, -0.25) is 0 Å². The molecular formula is C32H24N2. The molecule has 1 aliphatic heterocycles. The van der Waals surface area contributed by atoms with Gasteiger partial charge in [-0.1, -0.05) is 72.8 Å². The lowest BCUT2D eigenvalue weighted by Gasteiger charge is -2.35. The molecule has 0 N–H and O–H groups in total. The van der Waals surface area contributed by atoms with Gasteiger partial charge in [0.05, 0.1) is 11.2 Å². The molecule has 1 fully saturated rings. The van der Waals surface area contributed by atoms with Crippen LogP contribution in [0.4, 0.5) is 11.4 Å². The zero-order chi connectivity index (χ0) is 22.2. The minimum Gasteiger partial charge on any atom is -0.313 e. The second kappa shape index (κ2) is 6.74. The highest BCUT2D eigenvalue weighted by Gasteiger charge is 2.43. The van der Waals surface area contributed by atoms with E-state index in [1.54, 1.807) is 0 Å². The van der Waals surface area contributed by atoms with Crippen molar-refractivity contribution in [2.45, 2.75) is 18.8 Å². The van der Waals surface area contributed by atoms with Gasteiger partial charge < -0.3 is 9.47 Å². The van der Waals surface area contributed by atoms with Crippen molar-refractivity contribution in [1.82, 2.24) is 4.57 Å². The van der Waals surface area contributed by atoms with E-state index in [-0.39, 0.29) is 0 Å². The Morgan fingerprint density at radius 2 is 1.65 bits per heavy atom. The molecular weight excluding hydrogens is 412 g/mol. The highest BCUT2D eigenvalue weighted by Crippen LogP contribution is 2.55. The number of para-hydroxylation sites is 2. The molecule has 1 saturated carbocycles. The van der Waals surface area contributed by atoms with Crippen molar-refractivity contribution in [3.05, 3.63) is 126 Å². The summed E-state index contributed by atoms with van der Waals surface area (Å²) in [7, 11) is 0. The largest absolute Gasteiger partial charge is 0.313 e. The Labute approximate surface area is 199 Å². The maximum absolute atomic E-state index is 2.53. The minimum absolute atomic E-state index is 0.647. The summed E-state index contributed by atoms with van der Waals surface area (Å²) in [5.41, 5.74) is 12.0. The Morgan fingerprint density at radius 3 is 2.65 bits per heavy atom. The molecule has 0 radical (unpaired) electrons. The quantitative estimate of drug-likeness (QED) is 0.308. The maximum atomic E-state index is 2.53. The molecule has 0 spiro atoms. The van der Waals surface area contributed by atoms with Crippen LogP contribution in [0.5, 0.6) is 0 Å². The first-order valence-electron chi connectivity index (χ1n) is 12.2. The molecule has 1 aromatic heterocycles. The van der Waals surface area contributed by atoms with Crippen LogP contribution in [0.2, 0.25) is 0 Å². The molecule has 2 unspecified atom stereocenters. The molecule has 4 aliphatic rings. The van der Waals surface area contributed by atoms with Gasteiger partial charge in [0.2, 0.25) is 0 Å². The summed E-state index contributed by atoms with van der Waals surface area (Å²) >= 11 is 0. The number of rotatable bonds is 2. The van der Waals surface area contributed by atoms with E-state index in [4.69, 9.17) is 0 Å². The molecule has 4 aromatic rings. The third-order valence-electron chi connectivity index (χ3n) is 7.85. The van der Waals surface area contributed by atoms with Gasteiger partial charge in [-0.2, -0.15) is 0 Å². The van der Waals surface area contributed by atoms with Crippen LogP contribution in [0.3, 0.4) is 0 Å². The topological polar surface area (TPSA) is 8.17 Å². The van der Waals surface area contributed by atoms with Gasteiger partial charge >= 0.3 is 0 Å². The normalized spacial score (nSPS) is 21.4. The van der Waals surface area contributed by atoms with Crippen molar-refractivity contribution in [2.75, 3.05) is 4.90 Å². The number of anilines is 2. The van der Waals surface area contributed by atoms with Crippen molar-refractivity contribution >= 4 is 33.9 Å². The second-order valence-corrected chi connectivity index (χ2v) is 9.80. The highest BCUT2D eigenvalue weighted by atomic mass is 15.2. The average molecular weight is 437 g/mol. The number of nitrogens with zero attached hydrogens (tertiary/aromatic N) is 2. The van der Waals surface area contributed by atoms with Crippen LogP contribution in [-0.2, 0) is 0 Å². The lowest BCUT2D eigenvalue weighted by molar-refractivity contribution is 0.895. The third-order valence-corrected chi connectivity index (χ3v) is 7.85. The standard InChI is InChI=1S/C32H24N2/c1-2-9-23-18-21(8-1)26-12-3-5-14-30(26)33(23)24-10-7-11-25(20-24)34-31-15-6-4-13-27(31)28-17-16-22-19-29(22)32(28)34/h1-17,20,22,29H,18-19H2. The molecule has 2 bridgehead atoms. The lowest BCUT2D eigenvalue weighted by atomic mass is 9.93. The summed E-state index contributed by atoms with van der Waals surface area (Å²) < 4.78 is 2.53. The van der Waals surface area contributed by atoms with Gasteiger partial charge in [0.25, 0.3) is 0 Å². The number of aromatic nitrogens is 1. The van der Waals surface area contributed by atoms with Crippen molar-refractivity contribution in [3.63, 3.8) is 0 Å². The highest BCUT2D eigenvalue weighted by molar-refractivity contribution is 5.95. The van der Waals surface area contributed by atoms with Crippen molar-refractivity contribution in [2.24, 2.45) is 5.92 Å². The summed E-state index contributed by atoms with van der Waals surface area (Å²) in [6.07, 6.45) is 15.9. The fourth-order valence-corrected chi connectivity index (χ4v) is 6.23. The predicted octanol–water partition coefficient (Wildman–Crippen LogP) is 8.14. The van der Waals surface area contributed by atoms with Gasteiger partial charge in [-0.05, 0) is 54.3 Å². The van der Waals surface area contributed by atoms with E-state index in [2.05, 4.69) is 119 Å². The number of fused-ring (bicyclic) bond motifs is 9. The van der Waals surface area contributed by atoms with Gasteiger partial charge in [0, 0.05) is 51.6 Å². The van der Waals surface area contributed by atoms with E-state index in [0.717, 1.165) is 6.42 Å². The summed E-state index contributed by atoms with van der Waals surface area (Å²) in [6.45, 7) is 0. The minimum atomic E-state index is 0.647. The summed E-state index contributed by atoms with van der Waals surface area (Å²) in [5, 5.41) is 1.36. The molecule has 0 saturated heterocycles. The van der Waals surface area contributed by atoms with Crippen LogP contribution in [0.25, 0.3) is 28.2 Å². The predicted molar refractivity (Wildman–Crippen MR) is 142 cm³/mol. The Morgan fingerprint density at radius 1 is 0.794 bits per heavy atom. The van der Waals surface area contributed by atoms with Crippen LogP contribution in [0.15, 0.2) is 109 Å². The molecule has 2 heteroatoms. The van der Waals surface area contributed by atoms with E-state index in [1.165, 1.54) is 62.5 Å². The third kappa shape index (κ3) is 2.51. The van der Waals surface area contributed by atoms with Gasteiger partial charge in [0.15, 0.2) is 0 Å². The first-order chi connectivity index (χ1) is 16.9. The van der Waals surface area contributed by atoms with Crippen molar-refractivity contribution in [3.8, 4) is 5.69 Å². The molecule has 3 aliphatic carbocycles. The van der Waals surface area contributed by atoms with Gasteiger partial charge in [-0.15, -0.1) is 0 Å². The zero-order valence-electron chi connectivity index (χ0n) is 18.9. The van der Waals surface area contributed by atoms with Crippen LogP contribution in [-0.4, -0.2) is 4.57 Å². The Kier molecular flexibility index (Phi) is 3.65. The van der Waals surface area contributed by atoms with Crippen molar-refractivity contribution < 1.29 is 0 Å². The number of allylic oxidation sites excluding steroid dienone is 6. The van der Waals surface area contributed by atoms with Gasteiger partial charge in [-0.25, -0.2) is 0 Å². The lowest BCUT2D eigenvalue weighted by Crippen LogP contribution is -2.22. The monoisotopic (exact) mass is 436 g/mol. The van der Waals surface area contributed by atoms with E-state index in [0.29, 0.717) is 11.8 Å². The Balaban J connectivity index is 1.35. The summed E-state index contributed by atoms with van der Waals surface area (Å²) in [4.78, 5) is 2.45. The van der Waals surface area contributed by atoms with Crippen LogP contribution in [0, 0.1) is 5.92 Å². The van der Waals surface area contributed by atoms with Gasteiger partial charge in [0.1, 0.15) is 0 Å². The van der Waals surface area contributed by atoms with Crippen LogP contribution in [0.1, 0.15) is 35.6 Å². The second-order valence-electron chi connectivity index (χ2n) is 9.80. The number of benzene rings is 3. The molecule has 2 atom stereocenters. The van der Waals surface area contributed by atoms with Crippen LogP contribution < -0.4 is 4.90 Å². The molecule has 2 heterocycles. The SMILES string of the molecule is C1=CC=C2CC(=C1)c1ccccc1N2c1cccc(-n2c3c(c4ccccc42)C=CC2CC32)c1. The maximum Gasteiger partial charge on any atom is 0.0537 e. The molecule has 8 rings (SSSR count). The molecule has 0 amide bonds. The van der Waals surface area contributed by atoms with E-state index < -0.39 is 0 Å². The first kappa shape index (κ1) is 18.4. The van der Waals surface area contributed by atoms with Crippen molar-refractivity contribution in [1.29, 1.82) is 0 Å². The van der Waals surface area contributed by atoms with Crippen LogP contribution >= 0.6 is 0 Å². The van der Waals surface area contributed by atoms with E-state index in [9.17, 15) is 0 Å². The molecule has 3 aromatic carbocycles. The molecule has 34 heavy (non-hydrogen) atoms. The first-order valence-corrected chi connectivity index (χ1v) is 12.2. The number of hydrogen-bond donors (Lipinski definition) is 0. The fourth-order valence-electron chi connectivity index (χ4n) is 6.23. The Hall–Kier alpha value is -4.04. The summed E-state index contributed by atoms with van der Waals surface area (Å²) in [5.74, 6) is 1.36. The zero-order valence-corrected chi connectivity index (χ0v) is 18.9. The van der Waals surface area contributed by atoms with E-state index in [1.807, 2.05) is 0 Å². The Bertz CT molecular complexity index is 1620. The summed E-state index contributed by atoms with van der Waals surface area (Å²) in [6, 6.07) is 26.8. The smallest absolute Gasteiger partial charge is 0.0537 e. The average Bonchev–Trinajstić information content (AvgIpc) is 3.64. The molecule has 162 valence electrons. The van der Waals surface area contributed by atoms with E-state index >= 15 is 0 Å². The fraction of sp³-hybridized carbons (Fsp3) is 0.125.